The third-order valence-electron chi connectivity index (χ3n) is 4.75. The predicted octanol–water partition coefficient (Wildman–Crippen LogP) is 8.12. The van der Waals surface area contributed by atoms with E-state index in [1.165, 1.54) is 36.1 Å². The Balaban J connectivity index is 0.000000345. The van der Waals surface area contributed by atoms with E-state index in [0.717, 1.165) is 6.04 Å². The zero-order valence-corrected chi connectivity index (χ0v) is 17.3. The Morgan fingerprint density at radius 2 is 1.39 bits per heavy atom. The first-order valence-electron chi connectivity index (χ1n) is 9.31. The van der Waals surface area contributed by atoms with Crippen LogP contribution in [0.4, 0.5) is 25.2 Å². The molecule has 0 radical (unpaired) electrons. The number of hydrogen-bond donors (Lipinski definition) is 0. The second kappa shape index (κ2) is 7.05. The fourth-order valence-corrected chi connectivity index (χ4v) is 3.21. The molecule has 1 fully saturated rings. The van der Waals surface area contributed by atoms with Gasteiger partial charge in [-0.2, -0.15) is 0 Å². The van der Waals surface area contributed by atoms with E-state index in [2.05, 4.69) is 73.7 Å². The number of imidazole rings is 1. The Kier molecular flexibility index (Phi) is 5.72. The van der Waals surface area contributed by atoms with E-state index in [1.807, 2.05) is 0 Å². The summed E-state index contributed by atoms with van der Waals surface area (Å²) in [5.74, 6) is 1.08. The van der Waals surface area contributed by atoms with Crippen LogP contribution in [0.15, 0.2) is 36.9 Å². The van der Waals surface area contributed by atoms with Crippen LogP contribution >= 0.6 is 7.81 Å². The standard InChI is InChI=1S/C19H27N2.F6P/c1-14(2)17-9-6-10-18(15(3)4)19(17)21-12-11-20(13-21)16-7-5-8-16;1-7(2,3,4,5)6/h6,9-16H,5,7-8H2,1-4H3;/q+1;-1. The van der Waals surface area contributed by atoms with E-state index in [9.17, 15) is 25.2 Å². The van der Waals surface area contributed by atoms with Gasteiger partial charge in [0.2, 0.25) is 6.33 Å². The molecule has 0 N–H and O–H groups in total. The second-order valence-corrected chi connectivity index (χ2v) is 9.82. The summed E-state index contributed by atoms with van der Waals surface area (Å²) in [6.45, 7) is 9.14. The van der Waals surface area contributed by atoms with Crippen molar-refractivity contribution >= 4 is 7.81 Å². The molecule has 0 amide bonds. The predicted molar refractivity (Wildman–Crippen MR) is 101 cm³/mol. The molecule has 28 heavy (non-hydrogen) atoms. The third kappa shape index (κ3) is 7.12. The van der Waals surface area contributed by atoms with Gasteiger partial charge in [0.1, 0.15) is 24.1 Å². The minimum atomic E-state index is -10.7. The number of nitrogens with zero attached hydrogens (tertiary/aromatic N) is 2. The van der Waals surface area contributed by atoms with E-state index in [1.54, 1.807) is 0 Å². The summed E-state index contributed by atoms with van der Waals surface area (Å²) in [6, 6.07) is 7.48. The Hall–Kier alpha value is -1.56. The van der Waals surface area contributed by atoms with Gasteiger partial charge in [-0.1, -0.05) is 45.9 Å². The molecule has 1 aliphatic rings. The van der Waals surface area contributed by atoms with E-state index < -0.39 is 7.81 Å². The molecule has 0 bridgehead atoms. The molecule has 1 saturated carbocycles. The van der Waals surface area contributed by atoms with E-state index >= 15 is 0 Å². The number of hydrogen-bond acceptors (Lipinski definition) is 0. The van der Waals surface area contributed by atoms with Crippen molar-refractivity contribution in [3.8, 4) is 5.69 Å². The molecule has 0 atom stereocenters. The summed E-state index contributed by atoms with van der Waals surface area (Å²) in [5.41, 5.74) is 4.27. The van der Waals surface area contributed by atoms with Crippen LogP contribution in [0.2, 0.25) is 0 Å². The van der Waals surface area contributed by atoms with Gasteiger partial charge in [-0.15, -0.1) is 0 Å². The molecule has 1 aliphatic carbocycles. The van der Waals surface area contributed by atoms with Gasteiger partial charge in [0, 0.05) is 11.1 Å². The number of halogens is 6. The first kappa shape index (κ1) is 22.7. The molecule has 1 aromatic heterocycles. The maximum atomic E-state index is 9.87. The first-order valence-corrected chi connectivity index (χ1v) is 11.3. The van der Waals surface area contributed by atoms with Crippen molar-refractivity contribution in [2.24, 2.45) is 0 Å². The Morgan fingerprint density at radius 1 is 0.929 bits per heavy atom. The monoisotopic (exact) mass is 428 g/mol. The summed E-state index contributed by atoms with van der Waals surface area (Å²) < 4.78 is 63.9. The van der Waals surface area contributed by atoms with Gasteiger partial charge in [0.25, 0.3) is 0 Å². The average molecular weight is 428 g/mol. The van der Waals surface area contributed by atoms with Crippen molar-refractivity contribution in [3.05, 3.63) is 48.0 Å². The van der Waals surface area contributed by atoms with Crippen LogP contribution in [-0.4, -0.2) is 4.57 Å². The summed E-state index contributed by atoms with van der Waals surface area (Å²) in [5, 5.41) is 0. The van der Waals surface area contributed by atoms with Crippen LogP contribution in [0.1, 0.15) is 76.0 Å². The van der Waals surface area contributed by atoms with Crippen LogP contribution in [0.25, 0.3) is 5.69 Å². The number of rotatable bonds is 4. The fourth-order valence-electron chi connectivity index (χ4n) is 3.21. The summed E-state index contributed by atoms with van der Waals surface area (Å²) >= 11 is 0. The van der Waals surface area contributed by atoms with Crippen LogP contribution < -0.4 is 4.57 Å². The first-order chi connectivity index (χ1) is 12.5. The average Bonchev–Trinajstić information content (AvgIpc) is 2.90. The zero-order valence-electron chi connectivity index (χ0n) is 16.4. The normalized spacial score (nSPS) is 17.6. The molecule has 160 valence electrons. The van der Waals surface area contributed by atoms with Crippen molar-refractivity contribution in [1.29, 1.82) is 0 Å². The van der Waals surface area contributed by atoms with Crippen molar-refractivity contribution in [2.45, 2.75) is 64.8 Å². The molecule has 9 heteroatoms. The zero-order chi connectivity index (χ0) is 21.4. The van der Waals surface area contributed by atoms with Gasteiger partial charge in [-0.05, 0) is 31.1 Å². The van der Waals surface area contributed by atoms with Gasteiger partial charge in [0.05, 0.1) is 0 Å². The van der Waals surface area contributed by atoms with Crippen molar-refractivity contribution in [3.63, 3.8) is 0 Å². The number of benzene rings is 1. The molecule has 0 aliphatic heterocycles. The molecule has 1 heterocycles. The minimum absolute atomic E-state index is 0.540. The summed E-state index contributed by atoms with van der Waals surface area (Å²) in [4.78, 5) is 0. The number of para-hydroxylation sites is 1. The molecular formula is C19H27F6N2P. The Bertz CT molecular complexity index is 783. The fraction of sp³-hybridized carbons (Fsp3) is 0.526. The van der Waals surface area contributed by atoms with Crippen molar-refractivity contribution < 1.29 is 29.7 Å². The molecule has 0 saturated heterocycles. The maximum absolute atomic E-state index is 10.7. The van der Waals surface area contributed by atoms with Crippen molar-refractivity contribution in [2.75, 3.05) is 0 Å². The summed E-state index contributed by atoms with van der Waals surface area (Å²) in [6.07, 6.45) is 10.8. The third-order valence-corrected chi connectivity index (χ3v) is 4.75. The van der Waals surface area contributed by atoms with Gasteiger partial charge >= 0.3 is 33.0 Å². The molecule has 2 nitrogen and oxygen atoms in total. The van der Waals surface area contributed by atoms with Gasteiger partial charge < -0.3 is 0 Å². The Morgan fingerprint density at radius 3 is 1.75 bits per heavy atom. The van der Waals surface area contributed by atoms with E-state index in [0.29, 0.717) is 11.8 Å². The quantitative estimate of drug-likeness (QED) is 0.264. The van der Waals surface area contributed by atoms with E-state index in [-0.39, 0.29) is 0 Å². The van der Waals surface area contributed by atoms with Crippen LogP contribution in [0, 0.1) is 0 Å². The second-order valence-electron chi connectivity index (χ2n) is 7.91. The van der Waals surface area contributed by atoms with E-state index in [4.69, 9.17) is 0 Å². The molecular weight excluding hydrogens is 401 g/mol. The Labute approximate surface area is 161 Å². The van der Waals surface area contributed by atoms with Gasteiger partial charge in [0.15, 0.2) is 0 Å². The van der Waals surface area contributed by atoms with Crippen molar-refractivity contribution in [1.82, 2.24) is 4.57 Å². The van der Waals surface area contributed by atoms with Crippen LogP contribution in [0.3, 0.4) is 0 Å². The summed E-state index contributed by atoms with van der Waals surface area (Å²) in [7, 11) is -10.7. The van der Waals surface area contributed by atoms with Crippen LogP contribution in [0.5, 0.6) is 0 Å². The molecule has 0 spiro atoms. The molecule has 1 aromatic carbocycles. The molecule has 3 rings (SSSR count). The van der Waals surface area contributed by atoms with Crippen LogP contribution in [-0.2, 0) is 0 Å². The SMILES string of the molecule is CC(C)c1cccc(C(C)C)c1-n1cc[n+](C2CCC2)c1.F[P-](F)(F)(F)(F)F. The topological polar surface area (TPSA) is 8.81 Å². The van der Waals surface area contributed by atoms with Gasteiger partial charge in [-0.3, -0.25) is 0 Å². The van der Waals surface area contributed by atoms with Gasteiger partial charge in [-0.25, -0.2) is 9.13 Å². The molecule has 0 unspecified atom stereocenters. The molecule has 2 aromatic rings. The number of aromatic nitrogens is 2.